The molecule has 2 aromatic rings. The third-order valence-corrected chi connectivity index (χ3v) is 8.57. The molecule has 0 bridgehead atoms. The predicted octanol–water partition coefficient (Wildman–Crippen LogP) is 1.65. The Morgan fingerprint density at radius 1 is 1.39 bits per heavy atom. The van der Waals surface area contributed by atoms with Gasteiger partial charge in [-0.15, -0.1) is 47.3 Å². The van der Waals surface area contributed by atoms with Gasteiger partial charge >= 0.3 is 0 Å². The molecular formula is C20H21Cl2N7O4S3. The van der Waals surface area contributed by atoms with Gasteiger partial charge in [-0.3, -0.25) is 24.3 Å². The number of anilines is 1. The van der Waals surface area contributed by atoms with Gasteiger partial charge in [0.15, 0.2) is 10.8 Å². The van der Waals surface area contributed by atoms with Crippen molar-refractivity contribution in [2.24, 2.45) is 5.16 Å². The summed E-state index contributed by atoms with van der Waals surface area (Å²) in [5.74, 6) is -0.666. The highest BCUT2D eigenvalue weighted by Crippen LogP contribution is 2.43. The van der Waals surface area contributed by atoms with Gasteiger partial charge in [0.1, 0.15) is 29.9 Å². The fourth-order valence-electron chi connectivity index (χ4n) is 3.58. The monoisotopic (exact) mass is 589 g/mol. The van der Waals surface area contributed by atoms with Crippen molar-refractivity contribution >= 4 is 86.8 Å². The molecule has 3 atom stereocenters. The number of nitrogens with zero attached hydrogens (tertiary/aromatic N) is 4. The number of β-lactam (4-membered cyclic amide) rings is 1. The maximum absolute atomic E-state index is 13.1. The van der Waals surface area contributed by atoms with Crippen LogP contribution < -0.4 is 16.4 Å². The molecule has 1 unspecified atom stereocenters. The molecule has 2 aromatic heterocycles. The van der Waals surface area contributed by atoms with Crippen molar-refractivity contribution in [3.8, 4) is 0 Å². The van der Waals surface area contributed by atoms with Crippen LogP contribution in [0.4, 0.5) is 5.13 Å². The van der Waals surface area contributed by atoms with Gasteiger partial charge in [0.2, 0.25) is 0 Å². The Kier molecular flexibility index (Phi) is 9.60. The first kappa shape index (κ1) is 28.2. The van der Waals surface area contributed by atoms with Crippen LogP contribution in [0.25, 0.3) is 0 Å². The van der Waals surface area contributed by atoms with Crippen LogP contribution in [0, 0.1) is 0 Å². The summed E-state index contributed by atoms with van der Waals surface area (Å²) in [4.78, 5) is 53.6. The number of rotatable bonds is 9. The number of amides is 2. The summed E-state index contributed by atoms with van der Waals surface area (Å²) in [7, 11) is 3.06. The molecule has 0 aromatic carbocycles. The Hall–Kier alpha value is -2.36. The van der Waals surface area contributed by atoms with E-state index in [-0.39, 0.29) is 40.0 Å². The van der Waals surface area contributed by atoms with E-state index in [1.54, 1.807) is 24.8 Å². The van der Waals surface area contributed by atoms with Crippen LogP contribution in [0.5, 0.6) is 0 Å². The molecule has 0 saturated carbocycles. The van der Waals surface area contributed by atoms with Crippen LogP contribution in [-0.4, -0.2) is 74.3 Å². The van der Waals surface area contributed by atoms with Crippen molar-refractivity contribution in [3.05, 3.63) is 46.9 Å². The average Bonchev–Trinajstić information content (AvgIpc) is 3.29. The zero-order valence-corrected chi connectivity index (χ0v) is 22.9. The molecule has 2 amide bonds. The van der Waals surface area contributed by atoms with Crippen LogP contribution in [-0.2, 0) is 19.2 Å². The second-order valence-corrected chi connectivity index (χ2v) is 10.7. The summed E-state index contributed by atoms with van der Waals surface area (Å²) in [6.07, 6.45) is 3.35. The fraction of sp³-hybridized carbons (Fsp3) is 0.300. The number of carbonyl (C=O) groups is 3. The molecule has 0 spiro atoms. The number of likely N-dealkylation sites (N-methyl/N-ethyl adjacent to an activating group) is 1. The summed E-state index contributed by atoms with van der Waals surface area (Å²) in [6.45, 7) is 0. The molecule has 2 aliphatic heterocycles. The van der Waals surface area contributed by atoms with Crippen LogP contribution in [0.3, 0.4) is 0 Å². The number of thioether (sulfide) groups is 2. The highest BCUT2D eigenvalue weighted by molar-refractivity contribution is 8.01. The number of oxime groups is 1. The van der Waals surface area contributed by atoms with Gasteiger partial charge in [0.25, 0.3) is 17.1 Å². The van der Waals surface area contributed by atoms with E-state index >= 15 is 0 Å². The molecule has 4 heterocycles. The van der Waals surface area contributed by atoms with Crippen LogP contribution in [0.15, 0.2) is 51.2 Å². The summed E-state index contributed by atoms with van der Waals surface area (Å²) < 4.78 is 0. The molecule has 1 fully saturated rings. The first-order valence-corrected chi connectivity index (χ1v) is 13.3. The molecule has 4 N–H and O–H groups in total. The van der Waals surface area contributed by atoms with E-state index in [1.165, 1.54) is 35.5 Å². The number of thiazole rings is 1. The van der Waals surface area contributed by atoms with Gasteiger partial charge < -0.3 is 21.2 Å². The van der Waals surface area contributed by atoms with E-state index in [2.05, 4.69) is 25.8 Å². The molecule has 2 aliphatic rings. The number of allylic oxidation sites excluding steroid dienone is 1. The number of pyridine rings is 1. The topological polar surface area (TPSA) is 152 Å². The van der Waals surface area contributed by atoms with Crippen molar-refractivity contribution in [3.63, 3.8) is 0 Å². The number of hydrogen-bond acceptors (Lipinski definition) is 12. The lowest BCUT2D eigenvalue weighted by Crippen LogP contribution is -2.71. The zero-order chi connectivity index (χ0) is 25.1. The Balaban J connectivity index is 0.00000361. The summed E-state index contributed by atoms with van der Waals surface area (Å²) >= 11 is 10.0. The van der Waals surface area contributed by atoms with Gasteiger partial charge in [-0.2, -0.15) is 0 Å². The minimum absolute atomic E-state index is 0. The lowest BCUT2D eigenvalue weighted by Gasteiger charge is -2.50. The smallest absolute Gasteiger partial charge is 0.276 e. The second kappa shape index (κ2) is 12.3. The maximum Gasteiger partial charge on any atom is 0.276 e. The van der Waals surface area contributed by atoms with E-state index < -0.39 is 28.5 Å². The fourth-order valence-corrected chi connectivity index (χ4v) is 6.84. The third kappa shape index (κ3) is 5.63. The lowest BCUT2D eigenvalue weighted by molar-refractivity contribution is -0.146. The van der Waals surface area contributed by atoms with Crippen molar-refractivity contribution in [2.75, 3.05) is 25.6 Å². The number of fused-ring (bicyclic) bond motifs is 1. The van der Waals surface area contributed by atoms with Crippen LogP contribution >= 0.6 is 58.9 Å². The van der Waals surface area contributed by atoms with Gasteiger partial charge in [-0.05, 0) is 36.4 Å². The van der Waals surface area contributed by atoms with Crippen LogP contribution in [0.2, 0.25) is 0 Å². The minimum Gasteiger partial charge on any atom is -0.398 e. The number of nitrogens with one attached hydrogen (secondary N) is 2. The Morgan fingerprint density at radius 3 is 2.69 bits per heavy atom. The van der Waals surface area contributed by atoms with E-state index in [4.69, 9.17) is 22.2 Å². The number of nitrogens with two attached hydrogens (primary N) is 1. The highest BCUT2D eigenvalue weighted by atomic mass is 35.5. The van der Waals surface area contributed by atoms with Gasteiger partial charge in [-0.1, -0.05) is 5.16 Å². The van der Waals surface area contributed by atoms with E-state index in [9.17, 15) is 14.4 Å². The largest absolute Gasteiger partial charge is 0.398 e. The normalized spacial score (nSPS) is 20.1. The van der Waals surface area contributed by atoms with E-state index in [1.807, 2.05) is 12.1 Å². The molecule has 16 heteroatoms. The van der Waals surface area contributed by atoms with Gasteiger partial charge in [0, 0.05) is 28.4 Å². The average molecular weight is 591 g/mol. The van der Waals surface area contributed by atoms with Crippen molar-refractivity contribution < 1.29 is 19.2 Å². The van der Waals surface area contributed by atoms with Gasteiger partial charge in [-0.25, -0.2) is 4.98 Å². The molecule has 0 aliphatic carbocycles. The predicted molar refractivity (Wildman–Crippen MR) is 143 cm³/mol. The number of halogens is 2. The molecular weight excluding hydrogens is 569 g/mol. The first-order valence-electron chi connectivity index (χ1n) is 10.1. The number of aromatic nitrogens is 2. The number of nitrogen functional groups attached to an aromatic ring is 1. The Labute approximate surface area is 230 Å². The summed E-state index contributed by atoms with van der Waals surface area (Å²) in [5.41, 5.74) is 6.60. The summed E-state index contributed by atoms with van der Waals surface area (Å²) in [6, 6.07) is 2.83. The van der Waals surface area contributed by atoms with E-state index in [0.717, 1.165) is 16.2 Å². The maximum atomic E-state index is 13.1. The highest BCUT2D eigenvalue weighted by Gasteiger charge is 2.54. The SMILES string of the molecule is CNC(Sc1ccncc1)C1=C(C(=O)Cl)N2C(=O)[C@@H](NC(=O)/C(=N\OC)c3csc(N)n3)[C@H]2SC1.Cl. The molecule has 36 heavy (non-hydrogen) atoms. The quantitative estimate of drug-likeness (QED) is 0.0982. The summed E-state index contributed by atoms with van der Waals surface area (Å²) in [5, 5.41) is 9.87. The molecule has 0 radical (unpaired) electrons. The number of hydrogen-bond donors (Lipinski definition) is 3. The third-order valence-electron chi connectivity index (χ3n) is 5.12. The minimum atomic E-state index is -0.876. The second-order valence-electron chi connectivity index (χ2n) is 7.17. The Bertz CT molecular complexity index is 1210. The standard InChI is InChI=1S/C20H20ClN7O4S3.ClH/c1-23-17(35-9-3-5-24-6-4-9)10-7-33-19-13(18(31)28(19)14(10)15(21)29)26-16(30)12(27-32-2)11-8-34-20(22)25-11;/h3-6,8,13,17,19,23H,7H2,1-2H3,(H2,22,25)(H,26,30);1H/b27-12-;/t13-,17?,19-;/m1./s1. The Morgan fingerprint density at radius 2 is 2.11 bits per heavy atom. The van der Waals surface area contributed by atoms with E-state index in [0.29, 0.717) is 11.3 Å². The molecule has 1 saturated heterocycles. The van der Waals surface area contributed by atoms with Crippen molar-refractivity contribution in [2.45, 2.75) is 21.7 Å². The molecule has 11 nitrogen and oxygen atoms in total. The zero-order valence-electron chi connectivity index (χ0n) is 18.8. The van der Waals surface area contributed by atoms with Crippen molar-refractivity contribution in [1.29, 1.82) is 0 Å². The number of carbonyl (C=O) groups excluding carboxylic acids is 3. The van der Waals surface area contributed by atoms with Crippen molar-refractivity contribution in [1.82, 2.24) is 25.5 Å². The van der Waals surface area contributed by atoms with Gasteiger partial charge in [0.05, 0.1) is 5.37 Å². The molecule has 192 valence electrons. The lowest BCUT2D eigenvalue weighted by atomic mass is 10.0. The van der Waals surface area contributed by atoms with Crippen LogP contribution in [0.1, 0.15) is 5.69 Å². The first-order chi connectivity index (χ1) is 16.8. The molecule has 4 rings (SSSR count).